The molecule has 0 saturated carbocycles. The number of furan rings is 1. The van der Waals surface area contributed by atoms with Crippen molar-refractivity contribution in [1.29, 1.82) is 0 Å². The van der Waals surface area contributed by atoms with Crippen molar-refractivity contribution in [3.05, 3.63) is 89.6 Å². The maximum atomic E-state index is 14.3. The molecule has 1 aliphatic rings. The molecule has 1 amide bonds. The fourth-order valence-corrected chi connectivity index (χ4v) is 3.92. The smallest absolute Gasteiger partial charge is 0.257 e. The topological polar surface area (TPSA) is 55.2 Å². The molecule has 0 spiro atoms. The molecule has 2 aromatic carbocycles. The minimum Gasteiger partial charge on any atom is -0.497 e. The molecule has 6 nitrogen and oxygen atoms in total. The van der Waals surface area contributed by atoms with Crippen LogP contribution in [-0.2, 0) is 17.8 Å². The predicted molar refractivity (Wildman–Crippen MR) is 118 cm³/mol. The molecule has 1 saturated heterocycles. The van der Waals surface area contributed by atoms with Gasteiger partial charge in [0, 0.05) is 26.2 Å². The summed E-state index contributed by atoms with van der Waals surface area (Å²) in [5.74, 6) is 0.547. The maximum Gasteiger partial charge on any atom is 0.257 e. The van der Waals surface area contributed by atoms with Crippen molar-refractivity contribution >= 4 is 5.91 Å². The number of nitrogens with zero attached hydrogens (tertiary/aromatic N) is 2. The van der Waals surface area contributed by atoms with Crippen LogP contribution in [0.1, 0.15) is 21.7 Å². The van der Waals surface area contributed by atoms with Crippen LogP contribution in [0, 0.1) is 5.82 Å². The van der Waals surface area contributed by atoms with Crippen molar-refractivity contribution in [2.75, 3.05) is 33.4 Å². The van der Waals surface area contributed by atoms with E-state index in [-0.39, 0.29) is 24.1 Å². The van der Waals surface area contributed by atoms with Crippen molar-refractivity contribution in [1.82, 2.24) is 9.80 Å². The van der Waals surface area contributed by atoms with Gasteiger partial charge in [-0.15, -0.1) is 0 Å². The maximum absolute atomic E-state index is 14.3. The molecule has 1 atom stereocenters. The number of rotatable bonds is 8. The Balaban J connectivity index is 1.46. The van der Waals surface area contributed by atoms with Crippen LogP contribution in [0.3, 0.4) is 0 Å². The summed E-state index contributed by atoms with van der Waals surface area (Å²) >= 11 is 0. The monoisotopic (exact) mass is 438 g/mol. The van der Waals surface area contributed by atoms with E-state index in [2.05, 4.69) is 11.0 Å². The summed E-state index contributed by atoms with van der Waals surface area (Å²) in [7, 11) is 1.66. The van der Waals surface area contributed by atoms with E-state index < -0.39 is 5.82 Å². The van der Waals surface area contributed by atoms with Crippen LogP contribution in [0.5, 0.6) is 5.75 Å². The van der Waals surface area contributed by atoms with E-state index in [9.17, 15) is 9.18 Å². The Kier molecular flexibility index (Phi) is 7.19. The van der Waals surface area contributed by atoms with Crippen LogP contribution in [-0.4, -0.2) is 55.2 Å². The molecule has 3 aromatic rings. The summed E-state index contributed by atoms with van der Waals surface area (Å²) in [6.07, 6.45) is 1.37. The van der Waals surface area contributed by atoms with Crippen molar-refractivity contribution < 1.29 is 23.1 Å². The van der Waals surface area contributed by atoms with Gasteiger partial charge in [-0.25, -0.2) is 4.39 Å². The standard InChI is InChI=1S/C25H27FN2O4/c1-30-20-7-4-6-19(14-20)15-27-11-13-32-22(16-27)18-28(17-21-8-5-12-31-21)25(29)23-9-2-3-10-24(23)26/h2-10,12,14,22H,11,13,15-18H2,1H3. The van der Waals surface area contributed by atoms with Crippen LogP contribution in [0.4, 0.5) is 4.39 Å². The van der Waals surface area contributed by atoms with Gasteiger partial charge in [-0.3, -0.25) is 9.69 Å². The quantitative estimate of drug-likeness (QED) is 0.533. The van der Waals surface area contributed by atoms with Gasteiger partial charge in [0.2, 0.25) is 0 Å². The van der Waals surface area contributed by atoms with Gasteiger partial charge in [0.1, 0.15) is 17.3 Å². The Hall–Kier alpha value is -3.16. The highest BCUT2D eigenvalue weighted by Crippen LogP contribution is 2.19. The average molecular weight is 438 g/mol. The van der Waals surface area contributed by atoms with Crippen molar-refractivity contribution in [2.24, 2.45) is 0 Å². The summed E-state index contributed by atoms with van der Waals surface area (Å²) in [5.41, 5.74) is 1.20. The summed E-state index contributed by atoms with van der Waals surface area (Å²) in [6.45, 7) is 3.37. The Morgan fingerprint density at radius 3 is 2.84 bits per heavy atom. The molecule has 1 unspecified atom stereocenters. The lowest BCUT2D eigenvalue weighted by molar-refractivity contribution is -0.0443. The third-order valence-corrected chi connectivity index (χ3v) is 5.51. The largest absolute Gasteiger partial charge is 0.497 e. The molecular weight excluding hydrogens is 411 g/mol. The highest BCUT2D eigenvalue weighted by molar-refractivity contribution is 5.94. The lowest BCUT2D eigenvalue weighted by atomic mass is 10.1. The third kappa shape index (κ3) is 5.55. The first-order chi connectivity index (χ1) is 15.6. The molecule has 168 valence electrons. The Labute approximate surface area is 187 Å². The van der Waals surface area contributed by atoms with E-state index in [1.165, 1.54) is 12.1 Å². The molecule has 1 fully saturated rings. The fourth-order valence-electron chi connectivity index (χ4n) is 3.92. The summed E-state index contributed by atoms with van der Waals surface area (Å²) < 4.78 is 31.0. The fraction of sp³-hybridized carbons (Fsp3) is 0.320. The highest BCUT2D eigenvalue weighted by Gasteiger charge is 2.27. The van der Waals surface area contributed by atoms with E-state index in [4.69, 9.17) is 13.9 Å². The molecular formula is C25H27FN2O4. The van der Waals surface area contributed by atoms with E-state index in [1.807, 2.05) is 18.2 Å². The van der Waals surface area contributed by atoms with Crippen molar-refractivity contribution in [2.45, 2.75) is 19.2 Å². The number of carbonyl (C=O) groups excluding carboxylic acids is 1. The molecule has 4 rings (SSSR count). The number of amides is 1. The molecule has 7 heteroatoms. The first-order valence-electron chi connectivity index (χ1n) is 10.7. The minimum absolute atomic E-state index is 0.0445. The number of ether oxygens (including phenoxy) is 2. The van der Waals surface area contributed by atoms with E-state index in [1.54, 1.807) is 42.5 Å². The number of morpholine rings is 1. The van der Waals surface area contributed by atoms with Crippen molar-refractivity contribution in [3.8, 4) is 5.75 Å². The van der Waals surface area contributed by atoms with Gasteiger partial charge in [-0.1, -0.05) is 24.3 Å². The summed E-state index contributed by atoms with van der Waals surface area (Å²) in [4.78, 5) is 17.1. The van der Waals surface area contributed by atoms with Crippen LogP contribution < -0.4 is 4.74 Å². The SMILES string of the molecule is COc1cccc(CN2CCOC(CN(Cc3ccco3)C(=O)c3ccccc3F)C2)c1. The zero-order chi connectivity index (χ0) is 22.3. The van der Waals surface area contributed by atoms with Gasteiger partial charge in [-0.2, -0.15) is 0 Å². The average Bonchev–Trinajstić information content (AvgIpc) is 3.32. The normalized spacial score (nSPS) is 16.6. The van der Waals surface area contributed by atoms with E-state index in [0.717, 1.165) is 24.4 Å². The Morgan fingerprint density at radius 1 is 1.19 bits per heavy atom. The van der Waals surface area contributed by atoms with Gasteiger partial charge in [-0.05, 0) is 42.0 Å². The lowest BCUT2D eigenvalue weighted by Gasteiger charge is -2.35. The van der Waals surface area contributed by atoms with E-state index in [0.29, 0.717) is 25.5 Å². The zero-order valence-electron chi connectivity index (χ0n) is 18.1. The zero-order valence-corrected chi connectivity index (χ0v) is 18.1. The first-order valence-corrected chi connectivity index (χ1v) is 10.7. The number of halogens is 1. The van der Waals surface area contributed by atoms with Crippen LogP contribution >= 0.6 is 0 Å². The first kappa shape index (κ1) is 22.0. The number of benzene rings is 2. The second kappa shape index (κ2) is 10.4. The number of methoxy groups -OCH3 is 1. The van der Waals surface area contributed by atoms with Gasteiger partial charge < -0.3 is 18.8 Å². The third-order valence-electron chi connectivity index (χ3n) is 5.51. The summed E-state index contributed by atoms with van der Waals surface area (Å²) in [6, 6.07) is 17.6. The molecule has 0 bridgehead atoms. The van der Waals surface area contributed by atoms with Gasteiger partial charge in [0.05, 0.1) is 38.2 Å². The minimum atomic E-state index is -0.536. The second-order valence-corrected chi connectivity index (χ2v) is 7.82. The van der Waals surface area contributed by atoms with Crippen molar-refractivity contribution in [3.63, 3.8) is 0 Å². The predicted octanol–water partition coefficient (Wildman–Crippen LogP) is 3.97. The molecule has 2 heterocycles. The van der Waals surface area contributed by atoms with Crippen LogP contribution in [0.15, 0.2) is 71.3 Å². The molecule has 0 N–H and O–H groups in total. The van der Waals surface area contributed by atoms with Gasteiger partial charge in [0.25, 0.3) is 5.91 Å². The molecule has 32 heavy (non-hydrogen) atoms. The second-order valence-electron chi connectivity index (χ2n) is 7.82. The Morgan fingerprint density at radius 2 is 2.06 bits per heavy atom. The van der Waals surface area contributed by atoms with Gasteiger partial charge >= 0.3 is 0 Å². The molecule has 1 aromatic heterocycles. The van der Waals surface area contributed by atoms with E-state index >= 15 is 0 Å². The van der Waals surface area contributed by atoms with Gasteiger partial charge in [0.15, 0.2) is 0 Å². The number of hydrogen-bond acceptors (Lipinski definition) is 5. The van der Waals surface area contributed by atoms with Crippen LogP contribution in [0.2, 0.25) is 0 Å². The molecule has 0 aliphatic carbocycles. The molecule has 1 aliphatic heterocycles. The Bertz CT molecular complexity index is 1020. The highest BCUT2D eigenvalue weighted by atomic mass is 19.1. The molecule has 0 radical (unpaired) electrons. The van der Waals surface area contributed by atoms with Crippen LogP contribution in [0.25, 0.3) is 0 Å². The number of hydrogen-bond donors (Lipinski definition) is 0. The number of carbonyl (C=O) groups is 1. The summed E-state index contributed by atoms with van der Waals surface area (Å²) in [5, 5.41) is 0. The lowest BCUT2D eigenvalue weighted by Crippen LogP contribution is -2.48.